The number of anilines is 2. The first-order chi connectivity index (χ1) is 17.3. The Bertz CT molecular complexity index is 1180. The van der Waals surface area contributed by atoms with Crippen molar-refractivity contribution >= 4 is 55.6 Å². The molecule has 2 aromatic heterocycles. The van der Waals surface area contributed by atoms with Gasteiger partial charge in [0.2, 0.25) is 11.9 Å². The normalized spacial score (nSPS) is 10.1. The molecule has 14 heteroatoms. The van der Waals surface area contributed by atoms with Crippen LogP contribution in [0.15, 0.2) is 58.0 Å². The number of aromatic amines is 2. The monoisotopic (exact) mass is 620 g/mol. The molecule has 0 saturated carbocycles. The number of halogens is 2. The summed E-state index contributed by atoms with van der Waals surface area (Å²) in [5.41, 5.74) is 2.09. The topological polar surface area (TPSA) is 160 Å². The average Bonchev–Trinajstić information content (AvgIpc) is 3.56. The highest BCUT2D eigenvalue weighted by molar-refractivity contribution is 9.10. The van der Waals surface area contributed by atoms with Crippen LogP contribution < -0.4 is 20.1 Å². The zero-order valence-corrected chi connectivity index (χ0v) is 22.4. The molecule has 0 aliphatic carbocycles. The highest BCUT2D eigenvalue weighted by Crippen LogP contribution is 2.22. The van der Waals surface area contributed by atoms with Crippen molar-refractivity contribution in [1.29, 1.82) is 0 Å². The van der Waals surface area contributed by atoms with Gasteiger partial charge in [-0.05, 0) is 61.4 Å². The summed E-state index contributed by atoms with van der Waals surface area (Å²) in [6, 6.07) is 11.0. The van der Waals surface area contributed by atoms with E-state index < -0.39 is 0 Å². The van der Waals surface area contributed by atoms with E-state index in [-0.39, 0.29) is 25.0 Å². The summed E-state index contributed by atoms with van der Waals surface area (Å²) in [7, 11) is 0. The van der Waals surface area contributed by atoms with Crippen molar-refractivity contribution in [1.82, 2.24) is 30.4 Å². The van der Waals surface area contributed by atoms with E-state index in [0.29, 0.717) is 23.4 Å². The molecule has 4 N–H and O–H groups in total. The van der Waals surface area contributed by atoms with E-state index in [1.54, 1.807) is 12.1 Å². The van der Waals surface area contributed by atoms with Gasteiger partial charge in [0.1, 0.15) is 24.2 Å². The molecule has 0 radical (unpaired) electrons. The number of rotatable bonds is 8. The third-order valence-electron chi connectivity index (χ3n) is 4.34. The first-order valence-corrected chi connectivity index (χ1v) is 12.0. The minimum Gasteiger partial charge on any atom is -0.484 e. The van der Waals surface area contributed by atoms with Crippen LogP contribution in [0.4, 0.5) is 11.9 Å². The van der Waals surface area contributed by atoms with Gasteiger partial charge >= 0.3 is 0 Å². The van der Waals surface area contributed by atoms with Gasteiger partial charge in [0.25, 0.3) is 11.8 Å². The minimum absolute atomic E-state index is 0.0816. The third-order valence-corrected chi connectivity index (χ3v) is 6.12. The Morgan fingerprint density at radius 1 is 0.778 bits per heavy atom. The zero-order valence-electron chi connectivity index (χ0n) is 19.2. The Balaban J connectivity index is 0.000000201. The molecule has 0 bridgehead atoms. The predicted octanol–water partition coefficient (Wildman–Crippen LogP) is 3.79. The number of hydrogen-bond acceptors (Lipinski definition) is 8. The lowest BCUT2D eigenvalue weighted by Crippen LogP contribution is -2.20. The van der Waals surface area contributed by atoms with Crippen molar-refractivity contribution in [2.24, 2.45) is 0 Å². The number of hydrogen-bond donors (Lipinski definition) is 4. The van der Waals surface area contributed by atoms with Crippen LogP contribution in [0.1, 0.15) is 11.1 Å². The molecule has 0 saturated heterocycles. The Kier molecular flexibility index (Phi) is 9.94. The summed E-state index contributed by atoms with van der Waals surface area (Å²) in [6.45, 7) is 3.74. The number of carbonyl (C=O) groups excluding carboxylic acids is 2. The number of benzene rings is 2. The van der Waals surface area contributed by atoms with Crippen LogP contribution in [-0.2, 0) is 9.59 Å². The smallest absolute Gasteiger partial charge is 0.264 e. The average molecular weight is 622 g/mol. The predicted molar refractivity (Wildman–Crippen MR) is 139 cm³/mol. The van der Waals surface area contributed by atoms with Crippen LogP contribution in [0.3, 0.4) is 0 Å². The quantitative estimate of drug-likeness (QED) is 0.231. The molecule has 0 spiro atoms. The van der Waals surface area contributed by atoms with Crippen LogP contribution in [0, 0.1) is 13.8 Å². The molecule has 12 nitrogen and oxygen atoms in total. The molecule has 0 aliphatic rings. The molecular formula is C22H22Br2N8O4. The lowest BCUT2D eigenvalue weighted by Gasteiger charge is -2.07. The van der Waals surface area contributed by atoms with Crippen LogP contribution >= 0.6 is 31.9 Å². The van der Waals surface area contributed by atoms with Crippen molar-refractivity contribution in [3.05, 3.63) is 69.1 Å². The number of aromatic nitrogens is 6. The Hall–Kier alpha value is -3.78. The molecule has 4 aromatic rings. The maximum atomic E-state index is 11.5. The summed E-state index contributed by atoms with van der Waals surface area (Å²) in [5, 5.41) is 17.3. The van der Waals surface area contributed by atoms with E-state index in [1.807, 2.05) is 38.1 Å². The Labute approximate surface area is 222 Å². The first kappa shape index (κ1) is 26.8. The van der Waals surface area contributed by atoms with Gasteiger partial charge in [-0.2, -0.15) is 20.2 Å². The van der Waals surface area contributed by atoms with Crippen molar-refractivity contribution < 1.29 is 19.1 Å². The fourth-order valence-corrected chi connectivity index (χ4v) is 3.07. The molecule has 0 fully saturated rings. The van der Waals surface area contributed by atoms with Gasteiger partial charge in [0.05, 0.1) is 0 Å². The SMILES string of the molecule is Cc1cc(OCC(=O)Nc2ncn[nH]2)ccc1Br.Cc1cc(OCC(=O)Nc2ncn[nH]2)ccc1Br. The first-order valence-electron chi connectivity index (χ1n) is 10.4. The second-order valence-corrected chi connectivity index (χ2v) is 8.87. The van der Waals surface area contributed by atoms with E-state index in [1.165, 1.54) is 12.7 Å². The summed E-state index contributed by atoms with van der Waals surface area (Å²) < 4.78 is 12.7. The van der Waals surface area contributed by atoms with Crippen molar-refractivity contribution in [3.63, 3.8) is 0 Å². The fourth-order valence-electron chi connectivity index (χ4n) is 2.58. The van der Waals surface area contributed by atoms with Gasteiger partial charge in [0.15, 0.2) is 13.2 Å². The highest BCUT2D eigenvalue weighted by atomic mass is 79.9. The standard InChI is InChI=1S/2C11H11BrN4O2/c2*1-7-4-8(2-3-9(7)12)18-5-10(17)15-11-13-6-14-16-11/h2*2-4,6H,5H2,1H3,(H2,13,14,15,16,17). The molecule has 0 aliphatic heterocycles. The van der Waals surface area contributed by atoms with Crippen molar-refractivity contribution in [2.45, 2.75) is 13.8 Å². The summed E-state index contributed by atoms with van der Waals surface area (Å²) in [5.74, 6) is 1.29. The number of nitrogens with zero attached hydrogens (tertiary/aromatic N) is 4. The second-order valence-electron chi connectivity index (χ2n) is 7.16. The van der Waals surface area contributed by atoms with Crippen molar-refractivity contribution in [3.8, 4) is 11.5 Å². The number of ether oxygens (including phenoxy) is 2. The lowest BCUT2D eigenvalue weighted by atomic mass is 10.2. The molecule has 0 atom stereocenters. The third kappa shape index (κ3) is 8.78. The number of aryl methyl sites for hydroxylation is 2. The number of H-pyrrole nitrogens is 2. The minimum atomic E-state index is -0.299. The van der Waals surface area contributed by atoms with E-state index >= 15 is 0 Å². The lowest BCUT2D eigenvalue weighted by molar-refractivity contribution is -0.118. The number of nitrogens with one attached hydrogen (secondary N) is 4. The molecule has 2 amide bonds. The summed E-state index contributed by atoms with van der Waals surface area (Å²) in [4.78, 5) is 30.6. The van der Waals surface area contributed by atoms with E-state index in [4.69, 9.17) is 9.47 Å². The molecule has 0 unspecified atom stereocenters. The maximum absolute atomic E-state index is 11.5. The largest absolute Gasteiger partial charge is 0.484 e. The van der Waals surface area contributed by atoms with Crippen LogP contribution in [-0.4, -0.2) is 55.4 Å². The fraction of sp³-hybridized carbons (Fsp3) is 0.182. The van der Waals surface area contributed by atoms with Crippen molar-refractivity contribution in [2.75, 3.05) is 23.8 Å². The molecule has 4 rings (SSSR count). The van der Waals surface area contributed by atoms with E-state index in [9.17, 15) is 9.59 Å². The van der Waals surface area contributed by atoms with Gasteiger partial charge in [-0.25, -0.2) is 10.2 Å². The van der Waals surface area contributed by atoms with Crippen LogP contribution in [0.5, 0.6) is 11.5 Å². The van der Waals surface area contributed by atoms with Gasteiger partial charge in [-0.15, -0.1) is 0 Å². The van der Waals surface area contributed by atoms with Gasteiger partial charge in [-0.3, -0.25) is 20.2 Å². The maximum Gasteiger partial charge on any atom is 0.264 e. The number of amides is 2. The van der Waals surface area contributed by atoms with Gasteiger partial charge < -0.3 is 9.47 Å². The Morgan fingerprint density at radius 2 is 1.19 bits per heavy atom. The molecule has 36 heavy (non-hydrogen) atoms. The Morgan fingerprint density at radius 3 is 1.53 bits per heavy atom. The summed E-state index contributed by atoms with van der Waals surface area (Å²) in [6.07, 6.45) is 2.63. The molecule has 188 valence electrons. The van der Waals surface area contributed by atoms with Crippen LogP contribution in [0.2, 0.25) is 0 Å². The van der Waals surface area contributed by atoms with Crippen LogP contribution in [0.25, 0.3) is 0 Å². The van der Waals surface area contributed by atoms with Gasteiger partial charge in [-0.1, -0.05) is 31.9 Å². The van der Waals surface area contributed by atoms with E-state index in [0.717, 1.165) is 20.1 Å². The molecular weight excluding hydrogens is 600 g/mol. The summed E-state index contributed by atoms with van der Waals surface area (Å²) >= 11 is 6.79. The van der Waals surface area contributed by atoms with E-state index in [2.05, 4.69) is 72.9 Å². The second kappa shape index (κ2) is 13.3. The molecule has 2 aromatic carbocycles. The van der Waals surface area contributed by atoms with Gasteiger partial charge in [0, 0.05) is 8.95 Å². The number of carbonyl (C=O) groups is 2. The highest BCUT2D eigenvalue weighted by Gasteiger charge is 2.07. The zero-order chi connectivity index (χ0) is 25.9. The molecule has 2 heterocycles.